The molecule has 0 spiro atoms. The third-order valence-corrected chi connectivity index (χ3v) is 4.45. The zero-order chi connectivity index (χ0) is 43.7. The largest absolute Gasteiger partial charge is 0.188 e. The molecule has 0 aliphatic heterocycles. The quantitative estimate of drug-likeness (QED) is 0.171. The first-order valence-corrected chi connectivity index (χ1v) is 19.6. The summed E-state index contributed by atoms with van der Waals surface area (Å²) in [5, 5.41) is 32.1. The van der Waals surface area contributed by atoms with E-state index in [4.69, 9.17) is 0 Å². The molecule has 12 nitrogen and oxygen atoms in total. The van der Waals surface area contributed by atoms with Gasteiger partial charge in [0.2, 0.25) is 0 Å². The normalized spacial score (nSPS) is 6.95. The van der Waals surface area contributed by atoms with Crippen LogP contribution < -0.4 is 0 Å². The van der Waals surface area contributed by atoms with Crippen LogP contribution in [0.15, 0.2) is 0 Å². The second-order valence-electron chi connectivity index (χ2n) is 10.9. The molecule has 0 aromatic carbocycles. The lowest BCUT2D eigenvalue weighted by Crippen LogP contribution is -1.91. The van der Waals surface area contributed by atoms with Crippen molar-refractivity contribution in [2.75, 3.05) is 0 Å². The number of aromatic nitrogens is 12. The topological polar surface area (TPSA) is 123 Å². The van der Waals surface area contributed by atoms with Crippen molar-refractivity contribution in [2.45, 2.75) is 247 Å². The van der Waals surface area contributed by atoms with Crippen molar-refractivity contribution in [3.8, 4) is 0 Å². The predicted octanol–water partition coefficient (Wildman–Crippen LogP) is 16.9. The molecule has 0 saturated carbocycles. The lowest BCUT2D eigenvalue weighted by Gasteiger charge is -1.79. The molecule has 4 aromatic heterocycles. The minimum atomic E-state index is 0. The first kappa shape index (κ1) is 112. The molecule has 0 N–H and O–H groups in total. The molecule has 4 rings (SSSR count). The van der Waals surface area contributed by atoms with Crippen molar-refractivity contribution in [1.29, 1.82) is 0 Å². The molecule has 0 atom stereocenters. The van der Waals surface area contributed by atoms with Crippen LogP contribution in [0.1, 0.15) is 237 Å². The third kappa shape index (κ3) is 84.8. The van der Waals surface area contributed by atoms with E-state index >= 15 is 0 Å². The van der Waals surface area contributed by atoms with E-state index in [1.807, 2.05) is 167 Å². The Morgan fingerprint density at radius 1 is 0.230 bits per heavy atom. The number of hydrogen-bond donors (Lipinski definition) is 0. The SMILES string of the molecule is C.C.C.C.C.C.C.C.C.CC.CC.CC.CC.CC.CC.CC(C)C.CC(C)C.Cc1nn(C)nc1C.Cc1nn(C)nc1C.Cc1nn(C)nc1C.Cc1nn(C)nc1C. The second-order valence-corrected chi connectivity index (χ2v) is 10.9. The Morgan fingerprint density at radius 3 is 0.295 bits per heavy atom. The number of hydrogen-bond acceptors (Lipinski definition) is 8. The monoisotopic (exact) mass is 885 g/mol. The lowest BCUT2D eigenvalue weighted by molar-refractivity contribution is 0.645. The summed E-state index contributed by atoms with van der Waals surface area (Å²) in [5.41, 5.74) is 8.06. The zero-order valence-electron chi connectivity index (χ0n) is 40.5. The van der Waals surface area contributed by atoms with E-state index in [-0.39, 0.29) is 66.8 Å². The molecule has 0 unspecified atom stereocenters. The average molecular weight is 886 g/mol. The minimum absolute atomic E-state index is 0. The number of nitrogens with zero attached hydrogens (tertiary/aromatic N) is 12. The van der Waals surface area contributed by atoms with Gasteiger partial charge in [-0.2, -0.15) is 60.0 Å². The molecular formula is C49H128N12. The van der Waals surface area contributed by atoms with Crippen molar-refractivity contribution >= 4 is 0 Å². The first-order valence-electron chi connectivity index (χ1n) is 19.6. The molecule has 0 saturated heterocycles. The summed E-state index contributed by atoms with van der Waals surface area (Å²) in [7, 11) is 7.28. The fraction of sp³-hybridized carbons (Fsp3) is 0.837. The van der Waals surface area contributed by atoms with Gasteiger partial charge in [-0.25, -0.2) is 0 Å². The summed E-state index contributed by atoms with van der Waals surface area (Å²) in [6.07, 6.45) is 0. The molecule has 0 amide bonds. The Hall–Kier alpha value is -3.44. The standard InChI is InChI=1S/4C5H9N3.2C4H10.6C2H6.9CH4/c4*1-4-5(2)7-8(3)6-4;2*1-4(2)3;6*1-2;;;;;;;;;/h4*1-3H3;2*4H,1-3H3;6*1-2H3;9*1H4. The molecule has 0 aliphatic rings. The Balaban J connectivity index is -0.0000000238. The molecular weight excluding hydrogens is 757 g/mol. The summed E-state index contributed by atoms with van der Waals surface area (Å²) >= 11 is 0. The molecule has 384 valence electrons. The van der Waals surface area contributed by atoms with Crippen molar-refractivity contribution in [3.05, 3.63) is 45.6 Å². The van der Waals surface area contributed by atoms with Crippen molar-refractivity contribution in [2.24, 2.45) is 40.0 Å². The minimum Gasteiger partial charge on any atom is -0.188 e. The number of aryl methyl sites for hydroxylation is 12. The molecule has 4 aromatic rings. The van der Waals surface area contributed by atoms with Gasteiger partial charge in [0, 0.05) is 28.2 Å². The highest BCUT2D eigenvalue weighted by Crippen LogP contribution is 1.96. The highest BCUT2D eigenvalue weighted by Gasteiger charge is 1.97. The van der Waals surface area contributed by atoms with E-state index in [9.17, 15) is 0 Å². The van der Waals surface area contributed by atoms with Crippen LogP contribution in [-0.2, 0) is 28.2 Å². The molecule has 61 heavy (non-hydrogen) atoms. The summed E-state index contributed by atoms with van der Waals surface area (Å²) in [4.78, 5) is 6.30. The summed E-state index contributed by atoms with van der Waals surface area (Å²) in [6, 6.07) is 0. The van der Waals surface area contributed by atoms with Crippen LogP contribution in [0.2, 0.25) is 0 Å². The van der Waals surface area contributed by atoms with Crippen LogP contribution in [0.3, 0.4) is 0 Å². The molecule has 12 heteroatoms. The zero-order valence-corrected chi connectivity index (χ0v) is 40.5. The summed E-state index contributed by atoms with van der Waals surface area (Å²) in [5.74, 6) is 1.67. The second kappa shape index (κ2) is 80.5. The maximum Gasteiger partial charge on any atom is 0.0825 e. The fourth-order valence-electron chi connectivity index (χ4n) is 2.40. The Morgan fingerprint density at radius 2 is 0.279 bits per heavy atom. The fourth-order valence-corrected chi connectivity index (χ4v) is 2.40. The molecule has 0 bridgehead atoms. The van der Waals surface area contributed by atoms with Gasteiger partial charge in [-0.3, -0.25) is 0 Å². The molecule has 0 aliphatic carbocycles. The maximum absolute atomic E-state index is 4.02. The van der Waals surface area contributed by atoms with E-state index < -0.39 is 0 Å². The van der Waals surface area contributed by atoms with Gasteiger partial charge >= 0.3 is 0 Å². The van der Waals surface area contributed by atoms with E-state index in [1.54, 1.807) is 19.2 Å². The molecule has 0 radical (unpaired) electrons. The predicted molar refractivity (Wildman–Crippen MR) is 292 cm³/mol. The van der Waals surface area contributed by atoms with Gasteiger partial charge in [-0.05, 0) is 67.2 Å². The summed E-state index contributed by atoms with van der Waals surface area (Å²) in [6.45, 7) is 52.6. The van der Waals surface area contributed by atoms with Crippen molar-refractivity contribution < 1.29 is 0 Å². The Kier molecular flexibility index (Phi) is 148. The Bertz CT molecular complexity index is 950. The van der Waals surface area contributed by atoms with Crippen LogP contribution in [0, 0.1) is 67.2 Å². The van der Waals surface area contributed by atoms with E-state index in [1.165, 1.54) is 0 Å². The van der Waals surface area contributed by atoms with E-state index in [0.29, 0.717) is 0 Å². The highest BCUT2D eigenvalue weighted by molar-refractivity contribution is 5.03. The highest BCUT2D eigenvalue weighted by atomic mass is 15.5. The van der Waals surface area contributed by atoms with Crippen LogP contribution in [0.25, 0.3) is 0 Å². The van der Waals surface area contributed by atoms with Crippen LogP contribution in [0.4, 0.5) is 0 Å². The van der Waals surface area contributed by atoms with Crippen LogP contribution in [0.5, 0.6) is 0 Å². The third-order valence-electron chi connectivity index (χ3n) is 4.45. The van der Waals surface area contributed by atoms with Gasteiger partial charge in [0.1, 0.15) is 0 Å². The van der Waals surface area contributed by atoms with Gasteiger partial charge < -0.3 is 0 Å². The van der Waals surface area contributed by atoms with Crippen LogP contribution >= 0.6 is 0 Å². The molecule has 0 fully saturated rings. The van der Waals surface area contributed by atoms with E-state index in [0.717, 1.165) is 57.4 Å². The van der Waals surface area contributed by atoms with Crippen molar-refractivity contribution in [1.82, 2.24) is 60.0 Å². The average Bonchev–Trinajstić information content (AvgIpc) is 3.77. The first-order chi connectivity index (χ1) is 24.3. The van der Waals surface area contributed by atoms with Gasteiger partial charge in [-0.1, -0.05) is 191 Å². The summed E-state index contributed by atoms with van der Waals surface area (Å²) < 4.78 is 0. The van der Waals surface area contributed by atoms with Crippen LogP contribution in [-0.4, -0.2) is 60.0 Å². The molecule has 4 heterocycles. The van der Waals surface area contributed by atoms with Gasteiger partial charge in [0.05, 0.1) is 45.6 Å². The van der Waals surface area contributed by atoms with Crippen molar-refractivity contribution in [3.63, 3.8) is 0 Å². The van der Waals surface area contributed by atoms with Gasteiger partial charge in [-0.15, -0.1) is 0 Å². The maximum atomic E-state index is 4.02. The smallest absolute Gasteiger partial charge is 0.0825 e. The number of rotatable bonds is 0. The van der Waals surface area contributed by atoms with Gasteiger partial charge in [0.15, 0.2) is 0 Å². The Labute approximate surface area is 391 Å². The lowest BCUT2D eigenvalue weighted by atomic mass is 10.3. The van der Waals surface area contributed by atoms with Gasteiger partial charge in [0.25, 0.3) is 0 Å². The van der Waals surface area contributed by atoms with E-state index in [2.05, 4.69) is 82.3 Å².